The van der Waals surface area contributed by atoms with E-state index in [0.717, 1.165) is 11.0 Å². The first-order valence-electron chi connectivity index (χ1n) is 13.8. The van der Waals surface area contributed by atoms with Gasteiger partial charge in [0, 0.05) is 31.6 Å². The number of alkyl halides is 7. The van der Waals surface area contributed by atoms with Crippen LogP contribution in [-0.4, -0.2) is 75.2 Å². The Morgan fingerprint density at radius 2 is 1.98 bits per heavy atom. The summed E-state index contributed by atoms with van der Waals surface area (Å²) in [5, 5.41) is 12.2. The number of aromatic nitrogens is 4. The number of rotatable bonds is 10. The van der Waals surface area contributed by atoms with E-state index >= 15 is 0 Å². The van der Waals surface area contributed by atoms with Crippen molar-refractivity contribution in [2.24, 2.45) is 5.92 Å². The van der Waals surface area contributed by atoms with Crippen LogP contribution in [0.15, 0.2) is 29.0 Å². The second-order valence-electron chi connectivity index (χ2n) is 10.8. The van der Waals surface area contributed by atoms with Crippen LogP contribution in [-0.2, 0) is 16.1 Å². The third kappa shape index (κ3) is 7.39. The Morgan fingerprint density at radius 1 is 1.24 bits per heavy atom. The van der Waals surface area contributed by atoms with E-state index in [1.165, 1.54) is 30.1 Å². The first kappa shape index (κ1) is 32.2. The van der Waals surface area contributed by atoms with E-state index in [9.17, 15) is 40.3 Å². The Hall–Kier alpha value is -4.16. The van der Waals surface area contributed by atoms with Crippen LogP contribution in [0.2, 0.25) is 0 Å². The van der Waals surface area contributed by atoms with Gasteiger partial charge in [0.15, 0.2) is 5.65 Å². The Kier molecular flexibility index (Phi) is 9.09. The van der Waals surface area contributed by atoms with E-state index in [1.807, 2.05) is 5.32 Å². The summed E-state index contributed by atoms with van der Waals surface area (Å²) in [6.07, 6.45) is -6.56. The number of methoxy groups -OCH3 is 1. The molecule has 0 spiro atoms. The normalized spacial score (nSPS) is 20.4. The first-order valence-corrected chi connectivity index (χ1v) is 13.8. The monoisotopic (exact) mass is 651 g/mol. The van der Waals surface area contributed by atoms with Gasteiger partial charge in [-0.2, -0.15) is 18.3 Å². The summed E-state index contributed by atoms with van der Waals surface area (Å²) in [6.45, 7) is -1.31. The predicted molar refractivity (Wildman–Crippen MR) is 137 cm³/mol. The Labute approximate surface area is 250 Å². The van der Waals surface area contributed by atoms with Gasteiger partial charge in [-0.05, 0) is 24.8 Å². The van der Waals surface area contributed by atoms with Crippen molar-refractivity contribution in [3.05, 3.63) is 47.2 Å². The first-order chi connectivity index (χ1) is 21.2. The summed E-state index contributed by atoms with van der Waals surface area (Å²) in [5.74, 6) is -4.06. The van der Waals surface area contributed by atoms with E-state index in [1.54, 1.807) is 0 Å². The van der Waals surface area contributed by atoms with E-state index < -0.39 is 86.4 Å². The van der Waals surface area contributed by atoms with Crippen LogP contribution in [0.4, 0.5) is 40.3 Å². The number of imidazole rings is 1. The molecule has 2 N–H and O–H groups in total. The quantitative estimate of drug-likeness (QED) is 0.290. The van der Waals surface area contributed by atoms with Crippen LogP contribution >= 0.6 is 0 Å². The fourth-order valence-corrected chi connectivity index (χ4v) is 5.41. The minimum absolute atomic E-state index is 0.0336. The number of amides is 3. The molecule has 1 aliphatic heterocycles. The minimum Gasteiger partial charge on any atom is -0.443 e. The third-order valence-corrected chi connectivity index (χ3v) is 7.75. The average Bonchev–Trinajstić information content (AvgIpc) is 3.71. The molecule has 3 aromatic heterocycles. The minimum atomic E-state index is -4.65. The van der Waals surface area contributed by atoms with Gasteiger partial charge >= 0.3 is 18.3 Å². The lowest BCUT2D eigenvalue weighted by Gasteiger charge is -2.33. The molecule has 0 bridgehead atoms. The molecule has 45 heavy (non-hydrogen) atoms. The third-order valence-electron chi connectivity index (χ3n) is 7.75. The van der Waals surface area contributed by atoms with Crippen LogP contribution < -0.4 is 10.6 Å². The summed E-state index contributed by atoms with van der Waals surface area (Å²) in [5.41, 5.74) is 0.667. The fraction of sp³-hybridized carbons (Fsp3) is 0.577. The highest BCUT2D eigenvalue weighted by Crippen LogP contribution is 2.41. The molecule has 246 valence electrons. The van der Waals surface area contributed by atoms with Crippen molar-refractivity contribution in [2.45, 2.75) is 68.9 Å². The summed E-state index contributed by atoms with van der Waals surface area (Å²) in [4.78, 5) is 30.7. The SMILES string of the molecule is COC[C@H](c1cnn2cc([C@@H](NC(=O)OCc3cc(C(F)F)on3)C3CCC(F)(F)CC3)nc2c1)N1C[C@@H](C(F)(F)F)NC1=O. The molecule has 0 unspecified atom stereocenters. The van der Waals surface area contributed by atoms with Crippen molar-refractivity contribution < 1.29 is 54.3 Å². The molecule has 3 amide bonds. The lowest BCUT2D eigenvalue weighted by Crippen LogP contribution is -2.40. The Morgan fingerprint density at radius 3 is 2.60 bits per heavy atom. The maximum atomic E-state index is 14.0. The van der Waals surface area contributed by atoms with Gasteiger partial charge in [-0.1, -0.05) is 5.16 Å². The van der Waals surface area contributed by atoms with Crippen LogP contribution in [0.25, 0.3) is 5.65 Å². The maximum absolute atomic E-state index is 14.0. The number of carbonyl (C=O) groups excluding carboxylic acids is 2. The molecule has 3 aromatic rings. The van der Waals surface area contributed by atoms with Crippen molar-refractivity contribution in [1.29, 1.82) is 0 Å². The molecule has 1 saturated heterocycles. The van der Waals surface area contributed by atoms with Crippen LogP contribution in [0.5, 0.6) is 0 Å². The molecule has 0 radical (unpaired) electrons. The molecule has 2 aliphatic rings. The van der Waals surface area contributed by atoms with E-state index in [4.69, 9.17) is 9.47 Å². The average molecular weight is 652 g/mol. The van der Waals surface area contributed by atoms with Gasteiger partial charge in [-0.3, -0.25) is 0 Å². The molecule has 1 saturated carbocycles. The molecular formula is C26H28F7N7O5. The molecule has 2 fully saturated rings. The van der Waals surface area contributed by atoms with Crippen molar-refractivity contribution in [1.82, 2.24) is 35.3 Å². The highest BCUT2D eigenvalue weighted by Gasteiger charge is 2.48. The number of urea groups is 1. The molecule has 12 nitrogen and oxygen atoms in total. The fourth-order valence-electron chi connectivity index (χ4n) is 5.41. The van der Waals surface area contributed by atoms with E-state index in [2.05, 4.69) is 25.1 Å². The predicted octanol–water partition coefficient (Wildman–Crippen LogP) is 5.09. The second-order valence-corrected chi connectivity index (χ2v) is 10.8. The molecule has 1 aliphatic carbocycles. The zero-order chi connectivity index (χ0) is 32.5. The molecule has 0 aromatic carbocycles. The Bertz CT molecular complexity index is 1500. The van der Waals surface area contributed by atoms with Gasteiger partial charge in [-0.15, -0.1) is 0 Å². The number of hydrogen-bond acceptors (Lipinski definition) is 8. The molecule has 19 heteroatoms. The Balaban J connectivity index is 1.37. The summed E-state index contributed by atoms with van der Waals surface area (Å²) < 4.78 is 109. The lowest BCUT2D eigenvalue weighted by atomic mass is 9.81. The van der Waals surface area contributed by atoms with Crippen molar-refractivity contribution in [3.63, 3.8) is 0 Å². The standard InChI is InChI=1S/C26H28F7N7O5/c1-43-12-17(39-10-19(26(31,32)33)36-23(39)41)14-6-20-35-16(9-40(20)34-8-14)21(13-2-4-25(29,30)5-3-13)37-24(42)44-11-15-7-18(22(27)28)45-38-15/h6-9,13,17,19,21-22H,2-5,10-12H2,1H3,(H,36,41)(H,37,42)/t17-,19+,21+/m1/s1. The number of alkyl carbamates (subject to hydrolysis) is 1. The largest absolute Gasteiger partial charge is 0.443 e. The molecule has 4 heterocycles. The number of fused-ring (bicyclic) bond motifs is 1. The number of nitrogens with zero attached hydrogens (tertiary/aromatic N) is 5. The summed E-state index contributed by atoms with van der Waals surface area (Å²) in [6, 6.07) is -2.47. The van der Waals surface area contributed by atoms with E-state index in [-0.39, 0.29) is 36.5 Å². The maximum Gasteiger partial charge on any atom is 0.410 e. The molecular weight excluding hydrogens is 623 g/mol. The van der Waals surface area contributed by atoms with Gasteiger partial charge in [0.1, 0.15) is 18.3 Å². The van der Waals surface area contributed by atoms with Crippen molar-refractivity contribution in [2.75, 3.05) is 20.3 Å². The number of ether oxygens (including phenoxy) is 2. The lowest BCUT2D eigenvalue weighted by molar-refractivity contribution is -0.150. The number of nitrogens with one attached hydrogen (secondary N) is 2. The van der Waals surface area contributed by atoms with Gasteiger partial charge in [0.2, 0.25) is 11.7 Å². The van der Waals surface area contributed by atoms with Crippen molar-refractivity contribution >= 4 is 17.8 Å². The van der Waals surface area contributed by atoms with Gasteiger partial charge in [0.05, 0.1) is 43.3 Å². The van der Waals surface area contributed by atoms with Crippen LogP contribution in [0.3, 0.4) is 0 Å². The van der Waals surface area contributed by atoms with Crippen LogP contribution in [0.1, 0.15) is 66.9 Å². The van der Waals surface area contributed by atoms with Crippen LogP contribution in [0, 0.1) is 5.92 Å². The zero-order valence-electron chi connectivity index (χ0n) is 23.6. The smallest absolute Gasteiger partial charge is 0.410 e. The van der Waals surface area contributed by atoms with Crippen molar-refractivity contribution in [3.8, 4) is 0 Å². The number of hydrogen-bond donors (Lipinski definition) is 2. The topological polar surface area (TPSA) is 136 Å². The zero-order valence-corrected chi connectivity index (χ0v) is 23.6. The second kappa shape index (κ2) is 12.7. The van der Waals surface area contributed by atoms with Gasteiger partial charge in [0.25, 0.3) is 6.43 Å². The summed E-state index contributed by atoms with van der Waals surface area (Å²) in [7, 11) is 1.32. The summed E-state index contributed by atoms with van der Waals surface area (Å²) >= 11 is 0. The molecule has 5 rings (SSSR count). The number of carbonyl (C=O) groups is 2. The van der Waals surface area contributed by atoms with Gasteiger partial charge in [-0.25, -0.2) is 36.7 Å². The highest BCUT2D eigenvalue weighted by molar-refractivity contribution is 5.77. The van der Waals surface area contributed by atoms with Gasteiger partial charge < -0.3 is 29.5 Å². The van der Waals surface area contributed by atoms with E-state index in [0.29, 0.717) is 5.56 Å². The number of halogens is 7. The highest BCUT2D eigenvalue weighted by atomic mass is 19.4. The molecule has 3 atom stereocenters.